The van der Waals surface area contributed by atoms with Crippen molar-refractivity contribution in [3.63, 3.8) is 0 Å². The molecular weight excluding hydrogens is 268 g/mol. The SMILES string of the molecule is CC(C)C(C(=O)N1CCCC(C(C)(C)C)CC1)C(N)=S. The first kappa shape index (κ1) is 17.4. The van der Waals surface area contributed by atoms with Crippen molar-refractivity contribution in [2.75, 3.05) is 13.1 Å². The summed E-state index contributed by atoms with van der Waals surface area (Å²) in [5, 5.41) is 0. The Morgan fingerprint density at radius 1 is 1.25 bits per heavy atom. The van der Waals surface area contributed by atoms with Gasteiger partial charge in [0.15, 0.2) is 0 Å². The average Bonchev–Trinajstić information content (AvgIpc) is 2.52. The number of thiocarbonyl (C=S) groups is 1. The van der Waals surface area contributed by atoms with Gasteiger partial charge in [-0.2, -0.15) is 0 Å². The van der Waals surface area contributed by atoms with Gasteiger partial charge in [0.1, 0.15) is 0 Å². The fourth-order valence-electron chi connectivity index (χ4n) is 3.11. The summed E-state index contributed by atoms with van der Waals surface area (Å²) in [6.45, 7) is 12.6. The van der Waals surface area contributed by atoms with Crippen LogP contribution in [0.4, 0.5) is 0 Å². The van der Waals surface area contributed by atoms with Crippen molar-refractivity contribution in [3.8, 4) is 0 Å². The van der Waals surface area contributed by atoms with Crippen LogP contribution < -0.4 is 5.73 Å². The molecule has 1 fully saturated rings. The number of hydrogen-bond acceptors (Lipinski definition) is 2. The lowest BCUT2D eigenvalue weighted by molar-refractivity contribution is -0.134. The van der Waals surface area contributed by atoms with Gasteiger partial charge in [0.2, 0.25) is 5.91 Å². The second-order valence-corrected chi connectivity index (χ2v) is 7.91. The molecule has 1 aliphatic heterocycles. The van der Waals surface area contributed by atoms with Crippen LogP contribution in [-0.2, 0) is 4.79 Å². The molecule has 1 aliphatic rings. The molecule has 0 bridgehead atoms. The van der Waals surface area contributed by atoms with E-state index in [0.29, 0.717) is 16.3 Å². The van der Waals surface area contributed by atoms with Crippen LogP contribution in [0.5, 0.6) is 0 Å². The molecule has 0 aromatic carbocycles. The molecule has 1 heterocycles. The minimum Gasteiger partial charge on any atom is -0.393 e. The number of nitrogens with two attached hydrogens (primary N) is 1. The Labute approximate surface area is 129 Å². The van der Waals surface area contributed by atoms with Gasteiger partial charge in [0, 0.05) is 13.1 Å². The molecule has 20 heavy (non-hydrogen) atoms. The van der Waals surface area contributed by atoms with Crippen molar-refractivity contribution >= 4 is 23.1 Å². The predicted octanol–water partition coefficient (Wildman–Crippen LogP) is 3.22. The maximum atomic E-state index is 12.6. The number of likely N-dealkylation sites (tertiary alicyclic amines) is 1. The van der Waals surface area contributed by atoms with E-state index >= 15 is 0 Å². The van der Waals surface area contributed by atoms with E-state index in [-0.39, 0.29) is 17.7 Å². The van der Waals surface area contributed by atoms with Crippen LogP contribution in [0.2, 0.25) is 0 Å². The van der Waals surface area contributed by atoms with Gasteiger partial charge in [-0.15, -0.1) is 0 Å². The summed E-state index contributed by atoms with van der Waals surface area (Å²) in [6, 6.07) is 0. The van der Waals surface area contributed by atoms with Gasteiger partial charge in [-0.25, -0.2) is 0 Å². The van der Waals surface area contributed by atoms with Crippen LogP contribution in [0.25, 0.3) is 0 Å². The summed E-state index contributed by atoms with van der Waals surface area (Å²) in [4.78, 5) is 15.0. The number of rotatable bonds is 3. The highest BCUT2D eigenvalue weighted by atomic mass is 32.1. The molecule has 0 saturated carbocycles. The summed E-state index contributed by atoms with van der Waals surface area (Å²) in [6.07, 6.45) is 3.36. The number of carbonyl (C=O) groups excluding carboxylic acids is 1. The lowest BCUT2D eigenvalue weighted by Gasteiger charge is -2.30. The fourth-order valence-corrected chi connectivity index (χ4v) is 3.49. The summed E-state index contributed by atoms with van der Waals surface area (Å²) >= 11 is 5.09. The zero-order valence-electron chi connectivity index (χ0n) is 13.6. The lowest BCUT2D eigenvalue weighted by atomic mass is 9.77. The summed E-state index contributed by atoms with van der Waals surface area (Å²) in [5.41, 5.74) is 6.08. The molecule has 3 nitrogen and oxygen atoms in total. The van der Waals surface area contributed by atoms with E-state index in [2.05, 4.69) is 20.8 Å². The third-order valence-corrected chi connectivity index (χ3v) is 4.76. The Bertz CT molecular complexity index is 360. The zero-order chi connectivity index (χ0) is 15.5. The van der Waals surface area contributed by atoms with E-state index in [1.165, 1.54) is 6.42 Å². The van der Waals surface area contributed by atoms with E-state index in [1.54, 1.807) is 0 Å². The Hall–Kier alpha value is -0.640. The molecule has 0 spiro atoms. The Morgan fingerprint density at radius 2 is 1.85 bits per heavy atom. The van der Waals surface area contributed by atoms with E-state index in [9.17, 15) is 4.79 Å². The van der Waals surface area contributed by atoms with Crippen molar-refractivity contribution < 1.29 is 4.79 Å². The van der Waals surface area contributed by atoms with Gasteiger partial charge in [-0.05, 0) is 36.5 Å². The van der Waals surface area contributed by atoms with Crippen LogP contribution in [0.3, 0.4) is 0 Å². The monoisotopic (exact) mass is 298 g/mol. The standard InChI is InChI=1S/C16H30N2OS/c1-11(2)13(14(17)20)15(19)18-9-6-7-12(8-10-18)16(3,4)5/h11-13H,6-10H2,1-5H3,(H2,17,20). The highest BCUT2D eigenvalue weighted by molar-refractivity contribution is 7.80. The van der Waals surface area contributed by atoms with Gasteiger partial charge in [-0.1, -0.05) is 46.8 Å². The average molecular weight is 298 g/mol. The Morgan fingerprint density at radius 3 is 2.30 bits per heavy atom. The van der Waals surface area contributed by atoms with Crippen molar-refractivity contribution in [2.24, 2.45) is 28.9 Å². The third kappa shape index (κ3) is 4.44. The van der Waals surface area contributed by atoms with Gasteiger partial charge in [-0.3, -0.25) is 4.79 Å². The summed E-state index contributed by atoms with van der Waals surface area (Å²) in [7, 11) is 0. The Kier molecular flexibility index (Phi) is 5.99. The molecule has 0 radical (unpaired) electrons. The molecule has 0 aromatic rings. The molecule has 1 amide bonds. The van der Waals surface area contributed by atoms with Gasteiger partial charge < -0.3 is 10.6 Å². The smallest absolute Gasteiger partial charge is 0.232 e. The van der Waals surface area contributed by atoms with Crippen LogP contribution in [-0.4, -0.2) is 28.9 Å². The van der Waals surface area contributed by atoms with Crippen LogP contribution in [0.15, 0.2) is 0 Å². The molecule has 2 unspecified atom stereocenters. The minimum absolute atomic E-state index is 0.127. The number of hydrogen-bond donors (Lipinski definition) is 1. The van der Waals surface area contributed by atoms with Crippen molar-refractivity contribution in [1.29, 1.82) is 0 Å². The van der Waals surface area contributed by atoms with Crippen LogP contribution >= 0.6 is 12.2 Å². The number of nitrogens with zero attached hydrogens (tertiary/aromatic N) is 1. The topological polar surface area (TPSA) is 46.3 Å². The zero-order valence-corrected chi connectivity index (χ0v) is 14.4. The van der Waals surface area contributed by atoms with E-state index in [0.717, 1.165) is 25.9 Å². The predicted molar refractivity (Wildman–Crippen MR) is 88.5 cm³/mol. The van der Waals surface area contributed by atoms with Crippen LogP contribution in [0, 0.1) is 23.2 Å². The normalized spacial score (nSPS) is 22.5. The van der Waals surface area contributed by atoms with Crippen molar-refractivity contribution in [3.05, 3.63) is 0 Å². The minimum atomic E-state index is -0.309. The number of amides is 1. The summed E-state index contributed by atoms with van der Waals surface area (Å²) in [5.74, 6) is 0.669. The van der Waals surface area contributed by atoms with E-state index < -0.39 is 0 Å². The van der Waals surface area contributed by atoms with E-state index in [1.807, 2.05) is 18.7 Å². The largest absolute Gasteiger partial charge is 0.393 e. The van der Waals surface area contributed by atoms with Crippen molar-refractivity contribution in [2.45, 2.75) is 53.9 Å². The molecule has 0 aromatic heterocycles. The molecule has 4 heteroatoms. The summed E-state index contributed by atoms with van der Waals surface area (Å²) < 4.78 is 0. The maximum Gasteiger partial charge on any atom is 0.232 e. The molecule has 1 rings (SSSR count). The molecule has 1 saturated heterocycles. The van der Waals surface area contributed by atoms with Gasteiger partial charge in [0.25, 0.3) is 0 Å². The van der Waals surface area contributed by atoms with Crippen molar-refractivity contribution in [1.82, 2.24) is 4.90 Å². The second-order valence-electron chi connectivity index (χ2n) is 7.44. The van der Waals surface area contributed by atoms with Gasteiger partial charge >= 0.3 is 0 Å². The third-order valence-electron chi connectivity index (χ3n) is 4.50. The molecule has 2 atom stereocenters. The van der Waals surface area contributed by atoms with E-state index in [4.69, 9.17) is 18.0 Å². The first-order valence-corrected chi connectivity index (χ1v) is 8.13. The highest BCUT2D eigenvalue weighted by Gasteiger charge is 2.33. The maximum absolute atomic E-state index is 12.6. The lowest BCUT2D eigenvalue weighted by Crippen LogP contribution is -2.44. The second kappa shape index (κ2) is 6.88. The molecular formula is C16H30N2OS. The van der Waals surface area contributed by atoms with Gasteiger partial charge in [0.05, 0.1) is 10.9 Å². The first-order chi connectivity index (χ1) is 9.14. The molecule has 2 N–H and O–H groups in total. The molecule has 0 aliphatic carbocycles. The first-order valence-electron chi connectivity index (χ1n) is 7.72. The molecule has 116 valence electrons. The highest BCUT2D eigenvalue weighted by Crippen LogP contribution is 2.34. The quantitative estimate of drug-likeness (QED) is 0.814. The number of carbonyl (C=O) groups is 1. The fraction of sp³-hybridized carbons (Fsp3) is 0.875. The van der Waals surface area contributed by atoms with Crippen LogP contribution in [0.1, 0.15) is 53.9 Å². The Balaban J connectivity index is 2.73.